The Morgan fingerprint density at radius 2 is 1.64 bits per heavy atom. The molecule has 4 nitrogen and oxygen atoms in total. The molecule has 10 heteroatoms. The second-order valence-electron chi connectivity index (χ2n) is 7.89. The molecule has 0 spiro atoms. The van der Waals surface area contributed by atoms with Crippen LogP contribution >= 0.6 is 0 Å². The third-order valence-corrected chi connectivity index (χ3v) is 4.76. The molecule has 2 aromatic rings. The molecule has 0 heterocycles. The smallest absolute Gasteiger partial charge is 0.422 e. The minimum Gasteiger partial charge on any atom is -0.482 e. The Morgan fingerprint density at radius 3 is 2.12 bits per heavy atom. The molecule has 2 aromatic carbocycles. The average Bonchev–Trinajstić information content (AvgIpc) is 2.70. The largest absolute Gasteiger partial charge is 0.482 e. The van der Waals surface area contributed by atoms with Gasteiger partial charge in [-0.05, 0) is 54.7 Å². The first kappa shape index (κ1) is 26.3. The highest BCUT2D eigenvalue weighted by Crippen LogP contribution is 2.40. The third kappa shape index (κ3) is 7.30. The fourth-order valence-electron chi connectivity index (χ4n) is 3.29. The zero-order valence-electron chi connectivity index (χ0n) is 18.3. The Hall–Kier alpha value is -2.91. The predicted molar refractivity (Wildman–Crippen MR) is 112 cm³/mol. The van der Waals surface area contributed by atoms with Gasteiger partial charge in [-0.15, -0.1) is 0 Å². The van der Waals surface area contributed by atoms with Gasteiger partial charge >= 0.3 is 18.3 Å². The summed E-state index contributed by atoms with van der Waals surface area (Å²) in [7, 11) is 0. The molecule has 1 unspecified atom stereocenters. The molecule has 0 aliphatic rings. The molecule has 0 radical (unpaired) electrons. The number of carbonyl (C=O) groups excluding carboxylic acids is 1. The first-order valence-corrected chi connectivity index (χ1v) is 10.2. The molecular formula is C23H25F6NO3. The van der Waals surface area contributed by atoms with E-state index in [9.17, 15) is 31.1 Å². The highest BCUT2D eigenvalue weighted by Gasteiger charge is 2.32. The number of carbonyl (C=O) groups is 1. The van der Waals surface area contributed by atoms with Crippen molar-refractivity contribution in [1.82, 2.24) is 0 Å². The number of anilines is 1. The minimum absolute atomic E-state index is 0.0334. The minimum atomic E-state index is -4.64. The summed E-state index contributed by atoms with van der Waals surface area (Å²) in [4.78, 5) is 12.6. The van der Waals surface area contributed by atoms with Gasteiger partial charge in [-0.25, -0.2) is 0 Å². The topological polar surface area (TPSA) is 61.5 Å². The molecule has 2 rings (SSSR count). The van der Waals surface area contributed by atoms with Crippen molar-refractivity contribution in [3.63, 3.8) is 0 Å². The zero-order valence-corrected chi connectivity index (χ0v) is 18.3. The second kappa shape index (κ2) is 10.4. The maximum absolute atomic E-state index is 12.9. The van der Waals surface area contributed by atoms with Crippen LogP contribution in [0.2, 0.25) is 0 Å². The summed E-state index contributed by atoms with van der Waals surface area (Å²) in [5.74, 6) is -1.69. The van der Waals surface area contributed by atoms with Gasteiger partial charge < -0.3 is 15.2 Å². The van der Waals surface area contributed by atoms with Crippen molar-refractivity contribution >= 4 is 11.7 Å². The fraction of sp³-hybridized carbons (Fsp3) is 0.435. The number of rotatable bonds is 8. The number of ether oxygens (including phenoxy) is 2. The molecule has 0 aromatic heterocycles. The summed E-state index contributed by atoms with van der Waals surface area (Å²) < 4.78 is 87.1. The van der Waals surface area contributed by atoms with Gasteiger partial charge in [0.2, 0.25) is 0 Å². The van der Waals surface area contributed by atoms with Crippen LogP contribution in [-0.4, -0.2) is 25.4 Å². The van der Waals surface area contributed by atoms with Crippen molar-refractivity contribution in [2.24, 2.45) is 5.92 Å². The summed E-state index contributed by atoms with van der Waals surface area (Å²) in [5, 5.41) is 0. The van der Waals surface area contributed by atoms with Crippen molar-refractivity contribution in [2.45, 2.75) is 45.5 Å². The maximum atomic E-state index is 12.9. The number of halogens is 6. The molecule has 182 valence electrons. The molecule has 0 fully saturated rings. The van der Waals surface area contributed by atoms with Gasteiger partial charge in [-0.3, -0.25) is 4.79 Å². The Kier molecular flexibility index (Phi) is 8.26. The summed E-state index contributed by atoms with van der Waals surface area (Å²) in [6, 6.07) is 6.73. The number of nitrogens with two attached hydrogens (primary N) is 1. The molecule has 1 atom stereocenters. The van der Waals surface area contributed by atoms with Crippen LogP contribution in [0.15, 0.2) is 36.4 Å². The van der Waals surface area contributed by atoms with E-state index in [-0.39, 0.29) is 35.1 Å². The van der Waals surface area contributed by atoms with Crippen LogP contribution < -0.4 is 10.5 Å². The maximum Gasteiger partial charge on any atom is 0.422 e. The number of benzene rings is 2. The fourth-order valence-corrected chi connectivity index (χ4v) is 3.29. The van der Waals surface area contributed by atoms with E-state index in [2.05, 4.69) is 0 Å². The van der Waals surface area contributed by atoms with Crippen LogP contribution in [0.1, 0.15) is 44.2 Å². The SMILES string of the molecule is CCOC(=O)C(CC(C)C)c1cc(OCC(F)(F)F)c(N)c(-c2ccc(C(F)(F)F)cc2)c1. The number of alkyl halides is 6. The summed E-state index contributed by atoms with van der Waals surface area (Å²) in [5.41, 5.74) is 5.64. The van der Waals surface area contributed by atoms with Crippen molar-refractivity contribution in [3.05, 3.63) is 47.5 Å². The monoisotopic (exact) mass is 477 g/mol. The summed E-state index contributed by atoms with van der Waals surface area (Å²) in [6.45, 7) is 3.83. The lowest BCUT2D eigenvalue weighted by molar-refractivity contribution is -0.153. The molecule has 0 bridgehead atoms. The quantitative estimate of drug-likeness (QED) is 0.265. The van der Waals surface area contributed by atoms with Crippen molar-refractivity contribution in [2.75, 3.05) is 18.9 Å². The Bertz CT molecular complexity index is 952. The van der Waals surface area contributed by atoms with E-state index in [1.54, 1.807) is 6.92 Å². The van der Waals surface area contributed by atoms with Gasteiger partial charge in [0.05, 0.1) is 23.8 Å². The van der Waals surface area contributed by atoms with Gasteiger partial charge in [-0.2, -0.15) is 26.3 Å². The van der Waals surface area contributed by atoms with Crippen LogP contribution in [0, 0.1) is 5.92 Å². The highest BCUT2D eigenvalue weighted by atomic mass is 19.4. The average molecular weight is 477 g/mol. The summed E-state index contributed by atoms with van der Waals surface area (Å²) in [6.07, 6.45) is -8.87. The molecule has 0 saturated heterocycles. The molecule has 0 amide bonds. The standard InChI is InChI=1S/C23H25F6NO3/c1-4-32-21(31)18(9-13(2)3)15-10-17(14-5-7-16(8-6-14)23(27,28)29)20(30)19(11-15)33-12-22(24,25)26/h5-8,10-11,13,18H,4,9,12,30H2,1-3H3. The lowest BCUT2D eigenvalue weighted by Crippen LogP contribution is -2.21. The van der Waals surface area contributed by atoms with Crippen molar-refractivity contribution < 1.29 is 40.6 Å². The first-order valence-electron chi connectivity index (χ1n) is 10.2. The number of nitrogen functional groups attached to an aromatic ring is 1. The van der Waals surface area contributed by atoms with E-state index in [0.717, 1.165) is 24.3 Å². The molecule has 0 aliphatic heterocycles. The van der Waals surface area contributed by atoms with Gasteiger partial charge in [0, 0.05) is 5.56 Å². The van der Waals surface area contributed by atoms with E-state index in [4.69, 9.17) is 15.2 Å². The lowest BCUT2D eigenvalue weighted by atomic mass is 9.87. The summed E-state index contributed by atoms with van der Waals surface area (Å²) >= 11 is 0. The van der Waals surface area contributed by atoms with Crippen LogP contribution in [0.25, 0.3) is 11.1 Å². The number of hydrogen-bond acceptors (Lipinski definition) is 4. The van der Waals surface area contributed by atoms with Crippen molar-refractivity contribution in [3.8, 4) is 16.9 Å². The van der Waals surface area contributed by atoms with Gasteiger partial charge in [0.15, 0.2) is 6.61 Å². The van der Waals surface area contributed by atoms with Crippen LogP contribution in [0.4, 0.5) is 32.0 Å². The number of hydrogen-bond donors (Lipinski definition) is 1. The van der Waals surface area contributed by atoms with Gasteiger partial charge in [0.25, 0.3) is 0 Å². The van der Waals surface area contributed by atoms with E-state index in [1.807, 2.05) is 13.8 Å². The van der Waals surface area contributed by atoms with E-state index in [1.165, 1.54) is 12.1 Å². The highest BCUT2D eigenvalue weighted by molar-refractivity contribution is 5.85. The Morgan fingerprint density at radius 1 is 1.03 bits per heavy atom. The first-order chi connectivity index (χ1) is 15.2. The Labute approximate surface area is 187 Å². The second-order valence-corrected chi connectivity index (χ2v) is 7.89. The number of esters is 1. The lowest BCUT2D eigenvalue weighted by Gasteiger charge is -2.22. The normalized spacial score (nSPS) is 13.2. The Balaban J connectivity index is 2.63. The van der Waals surface area contributed by atoms with Crippen molar-refractivity contribution in [1.29, 1.82) is 0 Å². The zero-order chi connectivity index (χ0) is 25.0. The van der Waals surface area contributed by atoms with E-state index in [0.29, 0.717) is 12.0 Å². The van der Waals surface area contributed by atoms with E-state index >= 15 is 0 Å². The van der Waals surface area contributed by atoms with E-state index < -0.39 is 36.4 Å². The predicted octanol–water partition coefficient (Wildman–Crippen LogP) is 6.59. The molecular weight excluding hydrogens is 452 g/mol. The van der Waals surface area contributed by atoms with Crippen LogP contribution in [0.5, 0.6) is 5.75 Å². The van der Waals surface area contributed by atoms with Crippen LogP contribution in [-0.2, 0) is 15.7 Å². The van der Waals surface area contributed by atoms with Gasteiger partial charge in [-0.1, -0.05) is 26.0 Å². The third-order valence-electron chi connectivity index (χ3n) is 4.76. The molecule has 33 heavy (non-hydrogen) atoms. The van der Waals surface area contributed by atoms with Gasteiger partial charge in [0.1, 0.15) is 5.75 Å². The molecule has 2 N–H and O–H groups in total. The van der Waals surface area contributed by atoms with Crippen LogP contribution in [0.3, 0.4) is 0 Å². The molecule has 0 aliphatic carbocycles. The molecule has 0 saturated carbocycles.